The smallest absolute Gasteiger partial charge is 0.276 e. The minimum atomic E-state index is -0.477. The maximum Gasteiger partial charge on any atom is 0.276 e. The van der Waals surface area contributed by atoms with E-state index in [1.54, 1.807) is 31.4 Å². The van der Waals surface area contributed by atoms with Crippen LogP contribution in [0.25, 0.3) is 0 Å². The van der Waals surface area contributed by atoms with E-state index in [0.717, 1.165) is 5.69 Å². The van der Waals surface area contributed by atoms with Gasteiger partial charge in [-0.2, -0.15) is 0 Å². The fourth-order valence-electron chi connectivity index (χ4n) is 2.28. The Labute approximate surface area is 149 Å². The first-order valence-corrected chi connectivity index (χ1v) is 7.93. The van der Waals surface area contributed by atoms with Gasteiger partial charge in [-0.05, 0) is 42.5 Å². The van der Waals surface area contributed by atoms with Crippen LogP contribution >= 0.6 is 11.6 Å². The highest BCUT2D eigenvalue weighted by molar-refractivity contribution is 6.31. The molecule has 0 atom stereocenters. The first kappa shape index (κ1) is 16.9. The number of anilines is 3. The third-order valence-corrected chi connectivity index (χ3v) is 3.93. The van der Waals surface area contributed by atoms with Crippen molar-refractivity contribution < 1.29 is 9.18 Å². The zero-order valence-corrected chi connectivity index (χ0v) is 14.2. The van der Waals surface area contributed by atoms with Crippen molar-refractivity contribution in [2.24, 2.45) is 0 Å². The van der Waals surface area contributed by atoms with Gasteiger partial charge in [0.25, 0.3) is 5.91 Å². The SMILES string of the molecule is CN(C(=O)c1ccc(Nc2ccc(F)c(Cl)c2)cn1)c1ccccc1. The number of nitrogens with one attached hydrogen (secondary N) is 1. The molecule has 2 aromatic carbocycles. The lowest BCUT2D eigenvalue weighted by molar-refractivity contribution is 0.0988. The van der Waals surface area contributed by atoms with Crippen LogP contribution in [0, 0.1) is 5.82 Å². The van der Waals surface area contributed by atoms with Crippen LogP contribution in [-0.2, 0) is 0 Å². The number of hydrogen-bond donors (Lipinski definition) is 1. The van der Waals surface area contributed by atoms with Crippen molar-refractivity contribution in [1.29, 1.82) is 0 Å². The molecule has 4 nitrogen and oxygen atoms in total. The van der Waals surface area contributed by atoms with E-state index in [2.05, 4.69) is 10.3 Å². The van der Waals surface area contributed by atoms with Crippen LogP contribution in [0.4, 0.5) is 21.5 Å². The van der Waals surface area contributed by atoms with Gasteiger partial charge in [-0.3, -0.25) is 4.79 Å². The first-order valence-electron chi connectivity index (χ1n) is 7.56. The third-order valence-electron chi connectivity index (χ3n) is 3.64. The topological polar surface area (TPSA) is 45.2 Å². The number of hydrogen-bond acceptors (Lipinski definition) is 3. The van der Waals surface area contributed by atoms with Gasteiger partial charge in [-0.15, -0.1) is 0 Å². The number of carbonyl (C=O) groups is 1. The maximum absolute atomic E-state index is 13.2. The van der Waals surface area contributed by atoms with E-state index in [1.165, 1.54) is 17.0 Å². The molecule has 1 aromatic heterocycles. The maximum atomic E-state index is 13.2. The molecule has 1 amide bonds. The third kappa shape index (κ3) is 3.95. The number of pyridine rings is 1. The molecule has 0 unspecified atom stereocenters. The lowest BCUT2D eigenvalue weighted by atomic mass is 10.2. The zero-order valence-electron chi connectivity index (χ0n) is 13.4. The summed E-state index contributed by atoms with van der Waals surface area (Å²) in [4.78, 5) is 18.2. The van der Waals surface area contributed by atoms with Crippen molar-refractivity contribution in [2.45, 2.75) is 0 Å². The number of rotatable bonds is 4. The van der Waals surface area contributed by atoms with Gasteiger partial charge in [-0.25, -0.2) is 9.37 Å². The number of aromatic nitrogens is 1. The van der Waals surface area contributed by atoms with E-state index < -0.39 is 5.82 Å². The second-order valence-corrected chi connectivity index (χ2v) is 5.79. The predicted octanol–water partition coefficient (Wildman–Crippen LogP) is 4.89. The average Bonchev–Trinajstić information content (AvgIpc) is 2.65. The Morgan fingerprint density at radius 2 is 1.80 bits per heavy atom. The Bertz CT molecular complexity index is 885. The number of carbonyl (C=O) groups excluding carboxylic acids is 1. The monoisotopic (exact) mass is 355 g/mol. The summed E-state index contributed by atoms with van der Waals surface area (Å²) < 4.78 is 13.2. The van der Waals surface area contributed by atoms with Gasteiger partial charge in [0.2, 0.25) is 0 Å². The van der Waals surface area contributed by atoms with Gasteiger partial charge in [0.1, 0.15) is 11.5 Å². The van der Waals surface area contributed by atoms with E-state index in [0.29, 0.717) is 17.1 Å². The predicted molar refractivity (Wildman–Crippen MR) is 98.1 cm³/mol. The number of benzene rings is 2. The second kappa shape index (κ2) is 7.32. The van der Waals surface area contributed by atoms with Crippen molar-refractivity contribution in [3.63, 3.8) is 0 Å². The Morgan fingerprint density at radius 1 is 1.08 bits per heavy atom. The standard InChI is InChI=1S/C19H15ClFN3O/c1-24(15-5-3-2-4-6-15)19(25)18-10-8-14(12-22-18)23-13-7-9-17(21)16(20)11-13/h2-12,23H,1H3. The molecule has 0 saturated carbocycles. The molecular formula is C19H15ClFN3O. The van der Waals surface area contributed by atoms with Crippen molar-refractivity contribution in [2.75, 3.05) is 17.3 Å². The highest BCUT2D eigenvalue weighted by Gasteiger charge is 2.14. The molecule has 1 heterocycles. The number of halogens is 2. The molecule has 0 spiro atoms. The van der Waals surface area contributed by atoms with Crippen molar-refractivity contribution in [3.05, 3.63) is 83.4 Å². The van der Waals surface area contributed by atoms with Crippen LogP contribution < -0.4 is 10.2 Å². The highest BCUT2D eigenvalue weighted by atomic mass is 35.5. The summed E-state index contributed by atoms with van der Waals surface area (Å²) in [6.45, 7) is 0. The normalized spacial score (nSPS) is 10.4. The molecule has 0 aliphatic carbocycles. The van der Waals surface area contributed by atoms with Crippen molar-refractivity contribution in [3.8, 4) is 0 Å². The molecule has 0 fully saturated rings. The largest absolute Gasteiger partial charge is 0.354 e. The second-order valence-electron chi connectivity index (χ2n) is 5.39. The van der Waals surface area contributed by atoms with E-state index in [9.17, 15) is 9.18 Å². The molecular weight excluding hydrogens is 341 g/mol. The van der Waals surface area contributed by atoms with E-state index >= 15 is 0 Å². The Hall–Kier alpha value is -2.92. The highest BCUT2D eigenvalue weighted by Crippen LogP contribution is 2.23. The van der Waals surface area contributed by atoms with Gasteiger partial charge in [-0.1, -0.05) is 29.8 Å². The van der Waals surface area contributed by atoms with Gasteiger partial charge in [0.05, 0.1) is 16.9 Å². The average molecular weight is 356 g/mol. The summed E-state index contributed by atoms with van der Waals surface area (Å²) in [7, 11) is 1.70. The summed E-state index contributed by atoms with van der Waals surface area (Å²) in [5, 5.41) is 3.10. The van der Waals surface area contributed by atoms with E-state index in [-0.39, 0.29) is 10.9 Å². The minimum Gasteiger partial charge on any atom is -0.354 e. The van der Waals surface area contributed by atoms with E-state index in [1.807, 2.05) is 30.3 Å². The summed E-state index contributed by atoms with van der Waals surface area (Å²) in [6, 6.07) is 17.0. The van der Waals surface area contributed by atoms with Crippen LogP contribution in [0.3, 0.4) is 0 Å². The number of nitrogens with zero attached hydrogens (tertiary/aromatic N) is 2. The molecule has 3 rings (SSSR count). The fourth-order valence-corrected chi connectivity index (χ4v) is 2.46. The molecule has 0 bridgehead atoms. The van der Waals surface area contributed by atoms with Crippen LogP contribution in [0.5, 0.6) is 0 Å². The molecule has 6 heteroatoms. The molecule has 0 saturated heterocycles. The van der Waals surface area contributed by atoms with Gasteiger partial charge >= 0.3 is 0 Å². The molecule has 25 heavy (non-hydrogen) atoms. The summed E-state index contributed by atoms with van der Waals surface area (Å²) >= 11 is 5.76. The van der Waals surface area contributed by atoms with Crippen molar-refractivity contribution >= 4 is 34.6 Å². The Kier molecular flexibility index (Phi) is 4.95. The van der Waals surface area contributed by atoms with Gasteiger partial charge in [0, 0.05) is 18.4 Å². The first-order chi connectivity index (χ1) is 12.0. The fraction of sp³-hybridized carbons (Fsp3) is 0.0526. The summed E-state index contributed by atoms with van der Waals surface area (Å²) in [5.41, 5.74) is 2.42. The lowest BCUT2D eigenvalue weighted by Crippen LogP contribution is -2.26. The van der Waals surface area contributed by atoms with Crippen molar-refractivity contribution in [1.82, 2.24) is 4.98 Å². The van der Waals surface area contributed by atoms with Gasteiger partial charge < -0.3 is 10.2 Å². The molecule has 0 radical (unpaired) electrons. The quantitative estimate of drug-likeness (QED) is 0.724. The Morgan fingerprint density at radius 3 is 2.44 bits per heavy atom. The van der Waals surface area contributed by atoms with Crippen LogP contribution in [0.1, 0.15) is 10.5 Å². The number of amides is 1. The summed E-state index contributed by atoms with van der Waals surface area (Å²) in [6.07, 6.45) is 1.54. The van der Waals surface area contributed by atoms with Gasteiger partial charge in [0.15, 0.2) is 0 Å². The summed E-state index contributed by atoms with van der Waals surface area (Å²) in [5.74, 6) is -0.683. The lowest BCUT2D eigenvalue weighted by Gasteiger charge is -2.16. The van der Waals surface area contributed by atoms with Crippen LogP contribution in [0.15, 0.2) is 66.9 Å². The minimum absolute atomic E-state index is 0.0363. The molecule has 1 N–H and O–H groups in total. The zero-order chi connectivity index (χ0) is 17.8. The van der Waals surface area contributed by atoms with Crippen LogP contribution in [0.2, 0.25) is 5.02 Å². The number of para-hydroxylation sites is 1. The molecule has 0 aliphatic rings. The molecule has 0 aliphatic heterocycles. The Balaban J connectivity index is 1.73. The molecule has 126 valence electrons. The van der Waals surface area contributed by atoms with E-state index in [4.69, 9.17) is 11.6 Å². The van der Waals surface area contributed by atoms with Crippen LogP contribution in [-0.4, -0.2) is 17.9 Å². The molecule has 3 aromatic rings.